The van der Waals surface area contributed by atoms with Crippen LogP contribution in [0.1, 0.15) is 20.8 Å². The normalized spacial score (nSPS) is 54.4. The van der Waals surface area contributed by atoms with Gasteiger partial charge in [-0.25, -0.2) is 0 Å². The van der Waals surface area contributed by atoms with E-state index in [4.69, 9.17) is 18.9 Å². The van der Waals surface area contributed by atoms with E-state index in [2.05, 4.69) is 5.32 Å². The molecular formula is C21H39NO12. The third kappa shape index (κ3) is 4.75. The van der Waals surface area contributed by atoms with E-state index in [0.717, 1.165) is 0 Å². The Morgan fingerprint density at radius 3 is 2.00 bits per heavy atom. The molecule has 0 aromatic rings. The van der Waals surface area contributed by atoms with Crippen molar-refractivity contribution in [2.75, 3.05) is 20.3 Å². The van der Waals surface area contributed by atoms with Crippen molar-refractivity contribution >= 4 is 0 Å². The lowest BCUT2D eigenvalue weighted by Gasteiger charge is -2.46. The summed E-state index contributed by atoms with van der Waals surface area (Å²) in [5.74, 6) is -1.46. The Kier molecular flexibility index (Phi) is 8.95. The number of hydrogen-bond acceptors (Lipinski definition) is 13. The molecule has 3 fully saturated rings. The lowest BCUT2D eigenvalue weighted by molar-refractivity contribution is -0.327. The first kappa shape index (κ1) is 28.1. The average molecular weight is 498 g/mol. The first-order valence-corrected chi connectivity index (χ1v) is 11.6. The summed E-state index contributed by atoms with van der Waals surface area (Å²) in [7, 11) is 1.54. The monoisotopic (exact) mass is 497 g/mol. The van der Waals surface area contributed by atoms with Gasteiger partial charge in [0.1, 0.15) is 36.1 Å². The molecular weight excluding hydrogens is 458 g/mol. The molecule has 0 radical (unpaired) electrons. The highest BCUT2D eigenvalue weighted by molar-refractivity contribution is 5.04. The molecule has 2 saturated heterocycles. The molecule has 1 aliphatic carbocycles. The van der Waals surface area contributed by atoms with Gasteiger partial charge >= 0.3 is 0 Å². The SMILES string of the molecule is CNC1C(O)C(C)C(OC2OC(C)C(O)(CO)[C@@H]2OC2OC(CO)C(O)C(O)C2C)C(O)C1O. The summed E-state index contributed by atoms with van der Waals surface area (Å²) >= 11 is 0. The topological polar surface area (TPSA) is 211 Å². The fourth-order valence-electron chi connectivity index (χ4n) is 5.02. The van der Waals surface area contributed by atoms with Crippen LogP contribution in [-0.2, 0) is 18.9 Å². The lowest BCUT2D eigenvalue weighted by atomic mass is 9.78. The minimum atomic E-state index is -1.98. The molecule has 13 nitrogen and oxygen atoms in total. The Morgan fingerprint density at radius 1 is 0.794 bits per heavy atom. The highest BCUT2D eigenvalue weighted by Gasteiger charge is 2.59. The highest BCUT2D eigenvalue weighted by atomic mass is 16.8. The number of ether oxygens (including phenoxy) is 4. The van der Waals surface area contributed by atoms with Crippen molar-refractivity contribution in [2.24, 2.45) is 11.8 Å². The molecule has 200 valence electrons. The fourth-order valence-corrected chi connectivity index (χ4v) is 5.02. The Bertz CT molecular complexity index is 656. The number of likely N-dealkylation sites (N-methyl/N-ethyl adjacent to an activating group) is 1. The smallest absolute Gasteiger partial charge is 0.187 e. The summed E-state index contributed by atoms with van der Waals surface area (Å²) < 4.78 is 23.2. The maximum atomic E-state index is 11.1. The number of nitrogens with one attached hydrogen (secondary N) is 1. The molecule has 14 unspecified atom stereocenters. The number of aliphatic hydroxyl groups excluding tert-OH is 7. The van der Waals surface area contributed by atoms with E-state index in [0.29, 0.717) is 0 Å². The van der Waals surface area contributed by atoms with Crippen molar-refractivity contribution in [3.05, 3.63) is 0 Å². The molecule has 0 aromatic heterocycles. The van der Waals surface area contributed by atoms with E-state index in [-0.39, 0.29) is 0 Å². The van der Waals surface area contributed by atoms with Crippen LogP contribution in [0, 0.1) is 11.8 Å². The van der Waals surface area contributed by atoms with Gasteiger partial charge in [-0.05, 0) is 14.0 Å². The van der Waals surface area contributed by atoms with Crippen LogP contribution in [0.15, 0.2) is 0 Å². The van der Waals surface area contributed by atoms with Crippen LogP contribution in [0.4, 0.5) is 0 Å². The summed E-state index contributed by atoms with van der Waals surface area (Å²) in [5.41, 5.74) is -1.98. The van der Waals surface area contributed by atoms with Crippen molar-refractivity contribution < 1.29 is 59.8 Å². The quantitative estimate of drug-likeness (QED) is 0.163. The van der Waals surface area contributed by atoms with Gasteiger partial charge in [0.2, 0.25) is 0 Å². The molecule has 15 atom stereocenters. The molecule has 0 aromatic carbocycles. The van der Waals surface area contributed by atoms with Crippen molar-refractivity contribution in [3.63, 3.8) is 0 Å². The van der Waals surface area contributed by atoms with E-state index < -0.39 is 104 Å². The molecule has 2 aliphatic heterocycles. The van der Waals surface area contributed by atoms with E-state index in [1.807, 2.05) is 0 Å². The second-order valence-electron chi connectivity index (χ2n) is 9.66. The minimum Gasteiger partial charge on any atom is -0.394 e. The molecule has 0 bridgehead atoms. The summed E-state index contributed by atoms with van der Waals surface area (Å²) in [6, 6.07) is -0.797. The lowest BCUT2D eigenvalue weighted by Crippen LogP contribution is -2.65. The first-order valence-electron chi connectivity index (χ1n) is 11.6. The van der Waals surface area contributed by atoms with Gasteiger partial charge in [-0.1, -0.05) is 13.8 Å². The highest BCUT2D eigenvalue weighted by Crippen LogP contribution is 2.40. The summed E-state index contributed by atoms with van der Waals surface area (Å²) in [5, 5.41) is 85.5. The van der Waals surface area contributed by atoms with Crippen molar-refractivity contribution in [1.29, 1.82) is 0 Å². The van der Waals surface area contributed by atoms with Crippen LogP contribution in [-0.4, -0.2) is 140 Å². The second kappa shape index (κ2) is 10.8. The zero-order chi connectivity index (χ0) is 25.5. The van der Waals surface area contributed by atoms with Gasteiger partial charge in [0, 0.05) is 11.8 Å². The van der Waals surface area contributed by atoms with E-state index in [9.17, 15) is 40.9 Å². The third-order valence-corrected chi connectivity index (χ3v) is 7.61. The fraction of sp³-hybridized carbons (Fsp3) is 1.00. The van der Waals surface area contributed by atoms with Gasteiger partial charge in [0.25, 0.3) is 0 Å². The van der Waals surface area contributed by atoms with Crippen LogP contribution in [0.5, 0.6) is 0 Å². The molecule has 34 heavy (non-hydrogen) atoms. The second-order valence-corrected chi connectivity index (χ2v) is 9.66. The van der Waals surface area contributed by atoms with Gasteiger partial charge in [-0.3, -0.25) is 0 Å². The summed E-state index contributed by atoms with van der Waals surface area (Å²) in [4.78, 5) is 0. The molecule has 0 amide bonds. The van der Waals surface area contributed by atoms with Gasteiger partial charge < -0.3 is 65.1 Å². The predicted molar refractivity (Wildman–Crippen MR) is 113 cm³/mol. The molecule has 0 spiro atoms. The Balaban J connectivity index is 1.84. The van der Waals surface area contributed by atoms with E-state index in [1.165, 1.54) is 13.8 Å². The van der Waals surface area contributed by atoms with Crippen molar-refractivity contribution in [1.82, 2.24) is 5.32 Å². The van der Waals surface area contributed by atoms with E-state index in [1.54, 1.807) is 14.0 Å². The molecule has 1 saturated carbocycles. The molecule has 2 heterocycles. The average Bonchev–Trinajstić information content (AvgIpc) is 3.05. The van der Waals surface area contributed by atoms with Gasteiger partial charge in [0.15, 0.2) is 12.6 Å². The van der Waals surface area contributed by atoms with Crippen LogP contribution in [0.3, 0.4) is 0 Å². The Labute approximate surface area is 197 Å². The van der Waals surface area contributed by atoms with Crippen LogP contribution in [0.2, 0.25) is 0 Å². The standard InChI is InChI=1S/C21H39NO12/c1-7-12(25)11(22-4)15(28)16(29)17(7)33-20-18(21(30,6-24)9(3)31-20)34-19-8(2)13(26)14(27)10(5-23)32-19/h7-20,22-30H,5-6H2,1-4H3/t7?,8?,9?,10?,11?,12?,13?,14?,15?,16?,17?,18-,19?,20?,21?/m1/s1. The predicted octanol–water partition coefficient (Wildman–Crippen LogP) is -4.38. The van der Waals surface area contributed by atoms with E-state index >= 15 is 0 Å². The molecule has 3 aliphatic rings. The minimum absolute atomic E-state index is 0.596. The molecule has 9 N–H and O–H groups in total. The Morgan fingerprint density at radius 2 is 1.44 bits per heavy atom. The number of hydrogen-bond donors (Lipinski definition) is 9. The van der Waals surface area contributed by atoms with Crippen molar-refractivity contribution in [3.8, 4) is 0 Å². The van der Waals surface area contributed by atoms with Crippen molar-refractivity contribution in [2.45, 2.75) is 99.9 Å². The van der Waals surface area contributed by atoms with Crippen LogP contribution >= 0.6 is 0 Å². The molecule has 13 heteroatoms. The molecule has 3 rings (SSSR count). The Hall–Kier alpha value is -0.520. The summed E-state index contributed by atoms with van der Waals surface area (Å²) in [6.45, 7) is 3.26. The van der Waals surface area contributed by atoms with Gasteiger partial charge in [0.05, 0.1) is 43.7 Å². The first-order chi connectivity index (χ1) is 15.9. The largest absolute Gasteiger partial charge is 0.394 e. The van der Waals surface area contributed by atoms with Crippen LogP contribution in [0.25, 0.3) is 0 Å². The number of rotatable bonds is 7. The van der Waals surface area contributed by atoms with Crippen LogP contribution < -0.4 is 5.32 Å². The van der Waals surface area contributed by atoms with Gasteiger partial charge in [-0.15, -0.1) is 0 Å². The zero-order valence-corrected chi connectivity index (χ0v) is 19.7. The zero-order valence-electron chi connectivity index (χ0n) is 19.7. The third-order valence-electron chi connectivity index (χ3n) is 7.61. The maximum Gasteiger partial charge on any atom is 0.187 e. The maximum absolute atomic E-state index is 11.1. The van der Waals surface area contributed by atoms with Gasteiger partial charge in [-0.2, -0.15) is 0 Å². The number of aliphatic hydroxyl groups is 8. The summed E-state index contributed by atoms with van der Waals surface area (Å²) in [6.07, 6.45) is -13.8.